The van der Waals surface area contributed by atoms with Crippen molar-refractivity contribution in [2.45, 2.75) is 6.54 Å². The summed E-state index contributed by atoms with van der Waals surface area (Å²) < 4.78 is 0. The number of benzene rings is 1. The molecule has 3 aromatic heterocycles. The zero-order valence-electron chi connectivity index (χ0n) is 13.1. The van der Waals surface area contributed by atoms with Gasteiger partial charge in [-0.2, -0.15) is 0 Å². The normalized spacial score (nSPS) is 10.7. The Morgan fingerprint density at radius 2 is 2.08 bits per heavy atom. The molecule has 0 aliphatic rings. The van der Waals surface area contributed by atoms with Crippen LogP contribution in [0.4, 0.5) is 10.5 Å². The zero-order valence-corrected chi connectivity index (χ0v) is 14.7. The highest BCUT2D eigenvalue weighted by atomic mass is 32.1. The van der Waals surface area contributed by atoms with E-state index in [4.69, 9.17) is 0 Å². The molecule has 0 saturated heterocycles. The first-order valence-electron chi connectivity index (χ1n) is 7.65. The summed E-state index contributed by atoms with van der Waals surface area (Å²) in [5.74, 6) is 0. The number of hydrogen-bond donors (Lipinski definition) is 2. The summed E-state index contributed by atoms with van der Waals surface area (Å²) in [4.78, 5) is 22.0. The van der Waals surface area contributed by atoms with Crippen LogP contribution in [0, 0.1) is 0 Å². The molecule has 0 spiro atoms. The van der Waals surface area contributed by atoms with Gasteiger partial charge >= 0.3 is 6.03 Å². The molecule has 0 radical (unpaired) electrons. The molecule has 4 aromatic rings. The summed E-state index contributed by atoms with van der Waals surface area (Å²) in [6.07, 6.45) is 3.49. The Balaban J connectivity index is 1.41. The summed E-state index contributed by atoms with van der Waals surface area (Å²) in [7, 11) is 0. The Morgan fingerprint density at radius 1 is 1.12 bits per heavy atom. The van der Waals surface area contributed by atoms with E-state index in [0.717, 1.165) is 32.0 Å². The summed E-state index contributed by atoms with van der Waals surface area (Å²) >= 11 is 3.25. The molecular formula is C18H14N4OS2. The SMILES string of the molecule is O=C(NCc1csc(-c2cccs2)n1)Nc1cccc2cnccc12. The second-order valence-corrected chi connectivity index (χ2v) is 7.14. The van der Waals surface area contributed by atoms with Gasteiger partial charge in [0.15, 0.2) is 0 Å². The van der Waals surface area contributed by atoms with Gasteiger partial charge in [0.1, 0.15) is 5.01 Å². The van der Waals surface area contributed by atoms with Crippen molar-refractivity contribution in [3.05, 3.63) is 65.2 Å². The number of anilines is 1. The van der Waals surface area contributed by atoms with Crippen LogP contribution in [-0.2, 0) is 6.54 Å². The van der Waals surface area contributed by atoms with Crippen molar-refractivity contribution < 1.29 is 4.79 Å². The third-order valence-corrected chi connectivity index (χ3v) is 5.57. The number of rotatable bonds is 4. The number of nitrogens with zero attached hydrogens (tertiary/aromatic N) is 2. The molecule has 25 heavy (non-hydrogen) atoms. The van der Waals surface area contributed by atoms with Crippen LogP contribution in [0.2, 0.25) is 0 Å². The number of nitrogens with one attached hydrogen (secondary N) is 2. The van der Waals surface area contributed by atoms with Crippen LogP contribution in [0.5, 0.6) is 0 Å². The van der Waals surface area contributed by atoms with Gasteiger partial charge in [0.25, 0.3) is 0 Å². The van der Waals surface area contributed by atoms with Gasteiger partial charge in [0.2, 0.25) is 0 Å². The maximum Gasteiger partial charge on any atom is 0.319 e. The maximum absolute atomic E-state index is 12.2. The van der Waals surface area contributed by atoms with Crippen LogP contribution in [-0.4, -0.2) is 16.0 Å². The smallest absolute Gasteiger partial charge is 0.319 e. The lowest BCUT2D eigenvalue weighted by Gasteiger charge is -2.09. The van der Waals surface area contributed by atoms with Crippen molar-refractivity contribution in [2.24, 2.45) is 0 Å². The Labute approximate surface area is 152 Å². The molecule has 0 unspecified atom stereocenters. The summed E-state index contributed by atoms with van der Waals surface area (Å²) in [6, 6.07) is 11.4. The lowest BCUT2D eigenvalue weighted by atomic mass is 10.1. The molecule has 2 N–H and O–H groups in total. The molecule has 0 saturated carbocycles. The first-order valence-corrected chi connectivity index (χ1v) is 9.41. The van der Waals surface area contributed by atoms with Crippen LogP contribution < -0.4 is 10.6 Å². The van der Waals surface area contributed by atoms with Crippen molar-refractivity contribution in [2.75, 3.05) is 5.32 Å². The summed E-state index contributed by atoms with van der Waals surface area (Å²) in [6.45, 7) is 0.389. The van der Waals surface area contributed by atoms with E-state index in [1.54, 1.807) is 35.1 Å². The molecule has 4 rings (SSSR count). The minimum Gasteiger partial charge on any atom is -0.332 e. The van der Waals surface area contributed by atoms with Crippen LogP contribution in [0.15, 0.2) is 59.6 Å². The van der Waals surface area contributed by atoms with E-state index in [1.807, 2.05) is 47.2 Å². The molecule has 3 heterocycles. The Kier molecular flexibility index (Phi) is 4.41. The molecule has 1 aromatic carbocycles. The van der Waals surface area contributed by atoms with Gasteiger partial charge in [-0.3, -0.25) is 4.98 Å². The van der Waals surface area contributed by atoms with Gasteiger partial charge < -0.3 is 10.6 Å². The monoisotopic (exact) mass is 366 g/mol. The van der Waals surface area contributed by atoms with Crippen molar-refractivity contribution in [3.63, 3.8) is 0 Å². The number of carbonyl (C=O) groups is 1. The van der Waals surface area contributed by atoms with Crippen LogP contribution >= 0.6 is 22.7 Å². The number of thiophene rings is 1. The highest BCUT2D eigenvalue weighted by Crippen LogP contribution is 2.27. The molecule has 2 amide bonds. The lowest BCUT2D eigenvalue weighted by Crippen LogP contribution is -2.28. The number of urea groups is 1. The van der Waals surface area contributed by atoms with Gasteiger partial charge in [-0.05, 0) is 23.6 Å². The average Bonchev–Trinajstić information content (AvgIpc) is 3.32. The summed E-state index contributed by atoms with van der Waals surface area (Å²) in [5, 5.41) is 12.7. The predicted octanol–water partition coefficient (Wildman–Crippen LogP) is 4.74. The topological polar surface area (TPSA) is 66.9 Å². The number of carbonyl (C=O) groups excluding carboxylic acids is 1. The minimum atomic E-state index is -0.255. The van der Waals surface area contributed by atoms with E-state index >= 15 is 0 Å². The van der Waals surface area contributed by atoms with Gasteiger partial charge in [-0.15, -0.1) is 22.7 Å². The second-order valence-electron chi connectivity index (χ2n) is 5.33. The zero-order chi connectivity index (χ0) is 17.1. The van der Waals surface area contributed by atoms with Crippen molar-refractivity contribution >= 4 is 45.2 Å². The standard InChI is InChI=1S/C18H14N4OS2/c23-18(22-15-4-1-3-12-9-19-7-6-14(12)15)20-10-13-11-25-17(21-13)16-5-2-8-24-16/h1-9,11H,10H2,(H2,20,22,23). The first-order chi connectivity index (χ1) is 12.3. The third-order valence-electron chi connectivity index (χ3n) is 3.64. The minimum absolute atomic E-state index is 0.255. The van der Waals surface area contributed by atoms with Gasteiger partial charge in [0.05, 0.1) is 22.8 Å². The summed E-state index contributed by atoms with van der Waals surface area (Å²) in [5.41, 5.74) is 1.61. The van der Waals surface area contributed by atoms with Crippen LogP contribution in [0.25, 0.3) is 20.7 Å². The average molecular weight is 366 g/mol. The van der Waals surface area contributed by atoms with E-state index in [-0.39, 0.29) is 6.03 Å². The number of aromatic nitrogens is 2. The molecular weight excluding hydrogens is 352 g/mol. The fourth-order valence-corrected chi connectivity index (χ4v) is 4.10. The fourth-order valence-electron chi connectivity index (χ4n) is 2.47. The third kappa shape index (κ3) is 3.52. The van der Waals surface area contributed by atoms with Crippen LogP contribution in [0.3, 0.4) is 0 Å². The Bertz CT molecular complexity index is 1010. The molecule has 5 nitrogen and oxygen atoms in total. The van der Waals surface area contributed by atoms with Crippen molar-refractivity contribution in [1.82, 2.24) is 15.3 Å². The Hall–Kier alpha value is -2.77. The van der Waals surface area contributed by atoms with Crippen molar-refractivity contribution in [3.8, 4) is 9.88 Å². The number of pyridine rings is 1. The molecule has 7 heteroatoms. The quantitative estimate of drug-likeness (QED) is 0.548. The number of hydrogen-bond acceptors (Lipinski definition) is 5. The van der Waals surface area contributed by atoms with Crippen molar-refractivity contribution in [1.29, 1.82) is 0 Å². The predicted molar refractivity (Wildman–Crippen MR) is 103 cm³/mol. The van der Waals surface area contributed by atoms with E-state index in [1.165, 1.54) is 0 Å². The number of fused-ring (bicyclic) bond motifs is 1. The van der Waals surface area contributed by atoms with E-state index < -0.39 is 0 Å². The highest BCUT2D eigenvalue weighted by molar-refractivity contribution is 7.20. The van der Waals surface area contributed by atoms with Gasteiger partial charge in [-0.25, -0.2) is 9.78 Å². The lowest BCUT2D eigenvalue weighted by molar-refractivity contribution is 0.251. The molecule has 0 aliphatic carbocycles. The van der Waals surface area contributed by atoms with Gasteiger partial charge in [0, 0.05) is 28.5 Å². The number of thiazole rings is 1. The molecule has 0 fully saturated rings. The molecule has 0 bridgehead atoms. The second kappa shape index (κ2) is 7.00. The molecule has 0 aliphatic heterocycles. The van der Waals surface area contributed by atoms with E-state index in [2.05, 4.69) is 20.6 Å². The van der Waals surface area contributed by atoms with Gasteiger partial charge in [-0.1, -0.05) is 18.2 Å². The Morgan fingerprint density at radius 3 is 2.96 bits per heavy atom. The van der Waals surface area contributed by atoms with E-state index in [0.29, 0.717) is 6.54 Å². The van der Waals surface area contributed by atoms with E-state index in [9.17, 15) is 4.79 Å². The highest BCUT2D eigenvalue weighted by Gasteiger charge is 2.08. The molecule has 0 atom stereocenters. The fraction of sp³-hybridized carbons (Fsp3) is 0.0556. The maximum atomic E-state index is 12.2. The number of amides is 2. The molecule has 124 valence electrons. The van der Waals surface area contributed by atoms with Crippen LogP contribution in [0.1, 0.15) is 5.69 Å². The first kappa shape index (κ1) is 15.7. The largest absolute Gasteiger partial charge is 0.332 e.